The highest BCUT2D eigenvalue weighted by atomic mass is 19.1. The van der Waals surface area contributed by atoms with Crippen LogP contribution in [0, 0.1) is 25.5 Å². The summed E-state index contributed by atoms with van der Waals surface area (Å²) >= 11 is 0. The van der Waals surface area contributed by atoms with E-state index in [-0.39, 0.29) is 17.1 Å². The highest BCUT2D eigenvalue weighted by molar-refractivity contribution is 6.08. The predicted molar refractivity (Wildman–Crippen MR) is 142 cm³/mol. The number of benzene rings is 1. The number of hydrogen-bond acceptors (Lipinski definition) is 5. The number of anilines is 2. The van der Waals surface area contributed by atoms with Crippen LogP contribution in [0.25, 0.3) is 22.1 Å². The van der Waals surface area contributed by atoms with Crippen molar-refractivity contribution < 1.29 is 13.6 Å². The molecule has 38 heavy (non-hydrogen) atoms. The molecular weight excluding hydrogens is 490 g/mol. The number of nitrogens with one attached hydrogen (secondary N) is 3. The fourth-order valence-corrected chi connectivity index (χ4v) is 3.96. The standard InChI is InChI=1S/C19H16FN5O.C8H8FN3/c1-12-7-21-18-16(17(12)20)15(9-22-18)24-19(26)14-8-23-25(11-14)10-13-5-3-2-4-6-13;1-4-2-11-8-6(7(4)9)5(10)3-12-8/h2-9,11H,10H2,1H3,(H,21,22)(H,24,26);2-3H,10H2,1H3,(H,11,12). The van der Waals surface area contributed by atoms with Crippen molar-refractivity contribution in [1.82, 2.24) is 29.7 Å². The van der Waals surface area contributed by atoms with E-state index in [9.17, 15) is 13.6 Å². The van der Waals surface area contributed by atoms with Crippen LogP contribution in [0.2, 0.25) is 0 Å². The molecule has 0 aliphatic carbocycles. The SMILES string of the molecule is Cc1cnc2[nH]cc(N)c2c1F.Cc1cnc2[nH]cc(NC(=O)c3cnn(Cc4ccccc4)c3)c2c1F. The molecule has 0 radical (unpaired) electrons. The zero-order valence-electron chi connectivity index (χ0n) is 20.6. The van der Waals surface area contributed by atoms with Gasteiger partial charge in [-0.15, -0.1) is 0 Å². The molecule has 0 bridgehead atoms. The molecule has 5 aromatic heterocycles. The minimum atomic E-state index is -0.397. The monoisotopic (exact) mass is 514 g/mol. The van der Waals surface area contributed by atoms with Crippen LogP contribution in [0.4, 0.5) is 20.2 Å². The summed E-state index contributed by atoms with van der Waals surface area (Å²) in [6.45, 7) is 3.86. The summed E-state index contributed by atoms with van der Waals surface area (Å²) in [6.07, 6.45) is 9.16. The van der Waals surface area contributed by atoms with Gasteiger partial charge in [-0.05, 0) is 19.4 Å². The molecule has 0 aliphatic rings. The summed E-state index contributed by atoms with van der Waals surface area (Å²) in [5, 5.41) is 7.60. The van der Waals surface area contributed by atoms with Gasteiger partial charge in [-0.1, -0.05) is 30.3 Å². The Morgan fingerprint density at radius 1 is 0.947 bits per heavy atom. The van der Waals surface area contributed by atoms with E-state index in [4.69, 9.17) is 5.73 Å². The third kappa shape index (κ3) is 4.81. The second-order valence-electron chi connectivity index (χ2n) is 8.77. The minimum absolute atomic E-state index is 0.273. The Kier molecular flexibility index (Phi) is 6.56. The zero-order valence-corrected chi connectivity index (χ0v) is 20.6. The third-order valence-electron chi connectivity index (χ3n) is 5.99. The van der Waals surface area contributed by atoms with Gasteiger partial charge in [-0.2, -0.15) is 5.10 Å². The van der Waals surface area contributed by atoms with Crippen molar-refractivity contribution in [2.24, 2.45) is 0 Å². The summed E-state index contributed by atoms with van der Waals surface area (Å²) in [4.78, 5) is 26.3. The smallest absolute Gasteiger partial charge is 0.258 e. The molecular formula is C27H24F2N8O. The molecule has 5 heterocycles. The van der Waals surface area contributed by atoms with Gasteiger partial charge in [0.2, 0.25) is 0 Å². The van der Waals surface area contributed by atoms with Gasteiger partial charge in [0.15, 0.2) is 0 Å². The van der Waals surface area contributed by atoms with Gasteiger partial charge >= 0.3 is 0 Å². The molecule has 0 atom stereocenters. The van der Waals surface area contributed by atoms with E-state index in [0.29, 0.717) is 51.3 Å². The highest BCUT2D eigenvalue weighted by Crippen LogP contribution is 2.27. The number of aryl methyl sites for hydroxylation is 2. The van der Waals surface area contributed by atoms with Crippen LogP contribution in [0.5, 0.6) is 0 Å². The van der Waals surface area contributed by atoms with Crippen LogP contribution in [0.3, 0.4) is 0 Å². The zero-order chi connectivity index (χ0) is 26.8. The fourth-order valence-electron chi connectivity index (χ4n) is 3.96. The molecule has 5 N–H and O–H groups in total. The molecule has 0 fully saturated rings. The first-order valence-electron chi connectivity index (χ1n) is 11.7. The number of carbonyl (C=O) groups excluding carboxylic acids is 1. The van der Waals surface area contributed by atoms with Crippen LogP contribution in [-0.2, 0) is 6.54 Å². The first kappa shape index (κ1) is 24.6. The van der Waals surface area contributed by atoms with Crippen LogP contribution in [0.1, 0.15) is 27.0 Å². The van der Waals surface area contributed by atoms with E-state index >= 15 is 0 Å². The van der Waals surface area contributed by atoms with Crippen LogP contribution >= 0.6 is 0 Å². The van der Waals surface area contributed by atoms with Crippen molar-refractivity contribution in [3.63, 3.8) is 0 Å². The van der Waals surface area contributed by atoms with E-state index in [0.717, 1.165) is 5.56 Å². The van der Waals surface area contributed by atoms with Crippen molar-refractivity contribution in [1.29, 1.82) is 0 Å². The number of H-pyrrole nitrogens is 2. The molecule has 6 aromatic rings. The molecule has 6 rings (SSSR count). The maximum Gasteiger partial charge on any atom is 0.258 e. The van der Waals surface area contributed by atoms with E-state index in [1.165, 1.54) is 24.8 Å². The number of nitrogens with zero attached hydrogens (tertiary/aromatic N) is 4. The largest absolute Gasteiger partial charge is 0.397 e. The number of amides is 1. The summed E-state index contributed by atoms with van der Waals surface area (Å²) in [5.74, 6) is -1.05. The van der Waals surface area contributed by atoms with Gasteiger partial charge in [0, 0.05) is 42.1 Å². The molecule has 0 saturated carbocycles. The second kappa shape index (κ2) is 10.1. The predicted octanol–water partition coefficient (Wildman–Crippen LogP) is 5.10. The van der Waals surface area contributed by atoms with E-state index in [2.05, 4.69) is 30.4 Å². The number of nitrogen functional groups attached to an aromatic ring is 1. The van der Waals surface area contributed by atoms with Crippen molar-refractivity contribution >= 4 is 39.3 Å². The lowest BCUT2D eigenvalue weighted by Crippen LogP contribution is -2.11. The van der Waals surface area contributed by atoms with Gasteiger partial charge < -0.3 is 21.0 Å². The number of aromatic nitrogens is 6. The third-order valence-corrected chi connectivity index (χ3v) is 5.99. The second-order valence-corrected chi connectivity index (χ2v) is 8.77. The Morgan fingerprint density at radius 2 is 1.58 bits per heavy atom. The normalized spacial score (nSPS) is 10.9. The average Bonchev–Trinajstić information content (AvgIpc) is 3.64. The fraction of sp³-hybridized carbons (Fsp3) is 0.111. The van der Waals surface area contributed by atoms with Crippen molar-refractivity contribution in [2.45, 2.75) is 20.4 Å². The molecule has 1 aromatic carbocycles. The van der Waals surface area contributed by atoms with E-state index < -0.39 is 5.82 Å². The Hall–Kier alpha value is -5.06. The number of hydrogen-bond donors (Lipinski definition) is 4. The molecule has 192 valence electrons. The molecule has 9 nitrogen and oxygen atoms in total. The lowest BCUT2D eigenvalue weighted by Gasteiger charge is -2.04. The number of pyridine rings is 2. The molecule has 0 spiro atoms. The Morgan fingerprint density at radius 3 is 2.29 bits per heavy atom. The summed E-state index contributed by atoms with van der Waals surface area (Å²) in [5.41, 5.74) is 9.59. The lowest BCUT2D eigenvalue weighted by atomic mass is 10.2. The topological polar surface area (TPSA) is 130 Å². The quantitative estimate of drug-likeness (QED) is 0.260. The average molecular weight is 515 g/mol. The summed E-state index contributed by atoms with van der Waals surface area (Å²) in [7, 11) is 0. The Labute approximate surface area is 215 Å². The highest BCUT2D eigenvalue weighted by Gasteiger charge is 2.16. The first-order valence-corrected chi connectivity index (χ1v) is 11.7. The number of nitrogens with two attached hydrogens (primary N) is 1. The number of fused-ring (bicyclic) bond motifs is 2. The van der Waals surface area contributed by atoms with E-state index in [1.807, 2.05) is 30.3 Å². The van der Waals surface area contributed by atoms with E-state index in [1.54, 1.807) is 30.9 Å². The first-order chi connectivity index (χ1) is 18.3. The van der Waals surface area contributed by atoms with Gasteiger partial charge in [0.25, 0.3) is 5.91 Å². The van der Waals surface area contributed by atoms with Crippen LogP contribution < -0.4 is 11.1 Å². The maximum absolute atomic E-state index is 14.4. The number of aromatic amines is 2. The van der Waals surface area contributed by atoms with Gasteiger partial charge in [0.05, 0.1) is 40.5 Å². The van der Waals surface area contributed by atoms with Crippen molar-refractivity contribution in [2.75, 3.05) is 11.1 Å². The molecule has 0 unspecified atom stereocenters. The molecule has 1 amide bonds. The molecule has 0 aliphatic heterocycles. The number of rotatable bonds is 4. The summed E-state index contributed by atoms with van der Waals surface area (Å²) < 4.78 is 29.4. The van der Waals surface area contributed by atoms with Gasteiger partial charge in [0.1, 0.15) is 22.9 Å². The van der Waals surface area contributed by atoms with Crippen molar-refractivity contribution in [3.8, 4) is 0 Å². The number of carbonyl (C=O) groups is 1. The van der Waals surface area contributed by atoms with Crippen LogP contribution in [0.15, 0.2) is 67.5 Å². The van der Waals surface area contributed by atoms with Crippen LogP contribution in [-0.4, -0.2) is 35.6 Å². The summed E-state index contributed by atoms with van der Waals surface area (Å²) in [6, 6.07) is 9.83. The van der Waals surface area contributed by atoms with Gasteiger partial charge in [-0.25, -0.2) is 18.7 Å². The molecule has 0 saturated heterocycles. The maximum atomic E-state index is 14.4. The number of halogens is 2. The minimum Gasteiger partial charge on any atom is -0.397 e. The molecule has 11 heteroatoms. The Bertz CT molecular complexity index is 1750. The lowest BCUT2D eigenvalue weighted by molar-refractivity contribution is 0.102. The van der Waals surface area contributed by atoms with Crippen molar-refractivity contribution in [3.05, 3.63) is 101 Å². The van der Waals surface area contributed by atoms with Gasteiger partial charge in [-0.3, -0.25) is 9.48 Å². The Balaban J connectivity index is 0.000000204.